The molecule has 5 aliphatic rings. The number of allylic oxidation sites excluding steroid dienone is 2. The van der Waals surface area contributed by atoms with Gasteiger partial charge in [-0.3, -0.25) is 19.4 Å². The van der Waals surface area contributed by atoms with E-state index in [1.165, 1.54) is 9.80 Å². The van der Waals surface area contributed by atoms with Gasteiger partial charge in [0.1, 0.15) is 22.9 Å². The van der Waals surface area contributed by atoms with Crippen LogP contribution in [0.2, 0.25) is 0 Å². The molecule has 4 amide bonds. The monoisotopic (exact) mass is 600 g/mol. The van der Waals surface area contributed by atoms with E-state index < -0.39 is 29.3 Å². The van der Waals surface area contributed by atoms with E-state index in [1.54, 1.807) is 59.4 Å². The number of β-lactam (4-membered cyclic amide) rings is 1. The fraction of sp³-hybridized carbons (Fsp3) is 0.710. The molecule has 0 bridgehead atoms. The molecule has 4 fully saturated rings. The molecule has 0 aromatic heterocycles. The second-order valence-corrected chi connectivity index (χ2v) is 14.0. The van der Waals surface area contributed by atoms with Gasteiger partial charge in [-0.2, -0.15) is 0 Å². The molecule has 43 heavy (non-hydrogen) atoms. The van der Waals surface area contributed by atoms with Crippen molar-refractivity contribution >= 4 is 30.0 Å². The van der Waals surface area contributed by atoms with Crippen molar-refractivity contribution in [3.63, 3.8) is 0 Å². The van der Waals surface area contributed by atoms with Gasteiger partial charge in [-0.15, -0.1) is 0 Å². The van der Waals surface area contributed by atoms with Crippen molar-refractivity contribution in [2.24, 2.45) is 5.92 Å². The molecule has 12 heteroatoms. The molecule has 2 unspecified atom stereocenters. The molecule has 12 nitrogen and oxygen atoms in total. The van der Waals surface area contributed by atoms with Crippen molar-refractivity contribution in [1.29, 1.82) is 0 Å². The van der Waals surface area contributed by atoms with Crippen molar-refractivity contribution in [3.05, 3.63) is 22.9 Å². The van der Waals surface area contributed by atoms with E-state index >= 15 is 0 Å². The molecule has 5 rings (SSSR count). The van der Waals surface area contributed by atoms with Crippen LogP contribution in [0.1, 0.15) is 74.1 Å². The molecule has 3 atom stereocenters. The van der Waals surface area contributed by atoms with Crippen LogP contribution in [0, 0.1) is 5.92 Å². The number of hydrogen-bond donors (Lipinski definition) is 0. The molecule has 4 saturated heterocycles. The lowest BCUT2D eigenvalue weighted by atomic mass is 9.79. The first-order valence-electron chi connectivity index (χ1n) is 15.3. The maximum Gasteiger partial charge on any atom is 0.411 e. The molecule has 236 valence electrons. The minimum atomic E-state index is -0.789. The summed E-state index contributed by atoms with van der Waals surface area (Å²) in [5, 5.41) is 0. The molecule has 5 aliphatic heterocycles. The highest BCUT2D eigenvalue weighted by Crippen LogP contribution is 2.48. The predicted molar refractivity (Wildman–Crippen MR) is 154 cm³/mol. The van der Waals surface area contributed by atoms with Gasteiger partial charge in [-0.25, -0.2) is 14.4 Å². The van der Waals surface area contributed by atoms with Gasteiger partial charge in [0, 0.05) is 43.7 Å². The highest BCUT2D eigenvalue weighted by atomic mass is 16.6. The number of carbonyl (C=O) groups excluding carboxylic acids is 5. The van der Waals surface area contributed by atoms with Crippen LogP contribution in [0.25, 0.3) is 0 Å². The van der Waals surface area contributed by atoms with E-state index in [2.05, 4.69) is 0 Å². The van der Waals surface area contributed by atoms with Crippen LogP contribution in [-0.2, 0) is 28.6 Å². The molecule has 0 N–H and O–H groups in total. The Morgan fingerprint density at radius 2 is 1.58 bits per heavy atom. The third kappa shape index (κ3) is 5.97. The van der Waals surface area contributed by atoms with Crippen LogP contribution in [0.4, 0.5) is 9.59 Å². The second-order valence-electron chi connectivity index (χ2n) is 14.0. The van der Waals surface area contributed by atoms with E-state index in [4.69, 9.17) is 14.2 Å². The van der Waals surface area contributed by atoms with Crippen LogP contribution < -0.4 is 0 Å². The lowest BCUT2D eigenvalue weighted by Crippen LogP contribution is -2.69. The summed E-state index contributed by atoms with van der Waals surface area (Å²) in [5.41, 5.74) is -0.186. The summed E-state index contributed by atoms with van der Waals surface area (Å²) in [6, 6.07) is -1.02. The molecule has 0 spiro atoms. The van der Waals surface area contributed by atoms with E-state index in [0.717, 1.165) is 0 Å². The van der Waals surface area contributed by atoms with E-state index in [1.807, 2.05) is 4.90 Å². The Kier molecular flexibility index (Phi) is 8.02. The van der Waals surface area contributed by atoms with Crippen molar-refractivity contribution in [1.82, 2.24) is 19.6 Å². The maximum atomic E-state index is 13.6. The van der Waals surface area contributed by atoms with Gasteiger partial charge < -0.3 is 24.0 Å². The van der Waals surface area contributed by atoms with Crippen molar-refractivity contribution in [2.75, 3.05) is 32.8 Å². The normalized spacial score (nSPS) is 27.0. The Bertz CT molecular complexity index is 1270. The number of hydrogen-bond acceptors (Lipinski definition) is 8. The fourth-order valence-corrected chi connectivity index (χ4v) is 6.83. The van der Waals surface area contributed by atoms with Crippen LogP contribution in [0.15, 0.2) is 22.9 Å². The average molecular weight is 601 g/mol. The lowest BCUT2D eigenvalue weighted by molar-refractivity contribution is -0.163. The highest BCUT2D eigenvalue weighted by molar-refractivity contribution is 6.03. The number of carbonyl (C=O) groups is 5. The van der Waals surface area contributed by atoms with E-state index in [9.17, 15) is 24.0 Å². The van der Waals surface area contributed by atoms with Gasteiger partial charge in [-0.1, -0.05) is 0 Å². The van der Waals surface area contributed by atoms with Crippen LogP contribution in [0.3, 0.4) is 0 Å². The first kappa shape index (κ1) is 30.9. The maximum absolute atomic E-state index is 13.6. The molecular formula is C31H44N4O8. The molecule has 0 radical (unpaired) electrons. The molecular weight excluding hydrogens is 556 g/mol. The number of likely N-dealkylation sites (tertiary alicyclic amines) is 3. The smallest absolute Gasteiger partial charge is 0.411 e. The summed E-state index contributed by atoms with van der Waals surface area (Å²) in [6.45, 7) is 14.6. The number of piperidine rings is 1. The zero-order valence-corrected chi connectivity index (χ0v) is 26.3. The first-order valence-corrected chi connectivity index (χ1v) is 15.3. The van der Waals surface area contributed by atoms with Gasteiger partial charge in [-0.05, 0) is 85.8 Å². The highest BCUT2D eigenvalue weighted by Gasteiger charge is 2.64. The summed E-state index contributed by atoms with van der Waals surface area (Å²) in [4.78, 5) is 72.3. The molecule has 5 heterocycles. The van der Waals surface area contributed by atoms with Crippen LogP contribution >= 0.6 is 0 Å². The zero-order chi connectivity index (χ0) is 31.4. The summed E-state index contributed by atoms with van der Waals surface area (Å²) in [5.74, 6) is -1.16. The SMILES string of the molecule is CCOC(=O)N1CCC(N2CC/C(=C\C3=C(C(=O)OC(C)(C)C)N4C(=O)C5[C@H]4C(C3)CN5C(=O)OC(C)(C)C)C2=O)CC1. The second kappa shape index (κ2) is 11.2. The topological polar surface area (TPSA) is 126 Å². The lowest BCUT2D eigenvalue weighted by Gasteiger charge is -2.50. The number of nitrogens with zero attached hydrogens (tertiary/aromatic N) is 4. The molecule has 0 aliphatic carbocycles. The van der Waals surface area contributed by atoms with Gasteiger partial charge in [0.2, 0.25) is 5.91 Å². The Labute approximate surface area is 252 Å². The fourth-order valence-electron chi connectivity index (χ4n) is 6.83. The number of ether oxygens (including phenoxy) is 3. The van der Waals surface area contributed by atoms with Crippen molar-refractivity contribution < 1.29 is 38.2 Å². The van der Waals surface area contributed by atoms with Crippen molar-refractivity contribution in [3.8, 4) is 0 Å². The molecule has 0 aromatic rings. The number of rotatable bonds is 4. The standard InChI is InChI=1S/C31H44N4O8/c1-8-41-28(39)32-12-10-21(11-13-32)33-14-9-18(25(33)36)15-19-16-20-17-34(29(40)43-31(5,6)7)24-22(20)35(26(24)37)23(19)27(38)42-30(2,3)4/h15,20-22,24H,8-14,16-17H2,1-7H3/b18-15+/t20?,22-,24?/m1/s1. The first-order chi connectivity index (χ1) is 20.1. The Morgan fingerprint density at radius 3 is 2.19 bits per heavy atom. The Hall–Kier alpha value is -3.57. The van der Waals surface area contributed by atoms with Crippen LogP contribution in [-0.4, -0.2) is 112 Å². The average Bonchev–Trinajstić information content (AvgIpc) is 3.45. The zero-order valence-electron chi connectivity index (χ0n) is 26.3. The number of amides is 4. The quantitative estimate of drug-likeness (QED) is 0.209. The summed E-state index contributed by atoms with van der Waals surface area (Å²) < 4.78 is 16.4. The Balaban J connectivity index is 1.38. The largest absolute Gasteiger partial charge is 0.455 e. The Morgan fingerprint density at radius 1 is 0.930 bits per heavy atom. The number of esters is 1. The van der Waals surface area contributed by atoms with E-state index in [0.29, 0.717) is 69.6 Å². The van der Waals surface area contributed by atoms with Gasteiger partial charge >= 0.3 is 18.2 Å². The summed E-state index contributed by atoms with van der Waals surface area (Å²) in [6.07, 6.45) is 3.16. The van der Waals surface area contributed by atoms with Crippen LogP contribution in [0.5, 0.6) is 0 Å². The van der Waals surface area contributed by atoms with E-state index in [-0.39, 0.29) is 41.6 Å². The summed E-state index contributed by atoms with van der Waals surface area (Å²) >= 11 is 0. The summed E-state index contributed by atoms with van der Waals surface area (Å²) in [7, 11) is 0. The molecule has 0 aromatic carbocycles. The predicted octanol–water partition coefficient (Wildman–Crippen LogP) is 3.21. The van der Waals surface area contributed by atoms with Gasteiger partial charge in [0.15, 0.2) is 0 Å². The minimum absolute atomic E-state index is 0.00838. The van der Waals surface area contributed by atoms with Gasteiger partial charge in [0.05, 0.1) is 12.6 Å². The third-order valence-corrected chi connectivity index (χ3v) is 8.55. The minimum Gasteiger partial charge on any atom is -0.455 e. The molecule has 0 saturated carbocycles. The van der Waals surface area contributed by atoms with Gasteiger partial charge in [0.25, 0.3) is 5.91 Å². The van der Waals surface area contributed by atoms with Crippen molar-refractivity contribution in [2.45, 2.75) is 103 Å². The third-order valence-electron chi connectivity index (χ3n) is 8.55.